The van der Waals surface area contributed by atoms with Crippen LogP contribution in [0.15, 0.2) is 53.5 Å². The van der Waals surface area contributed by atoms with Crippen molar-refractivity contribution in [2.24, 2.45) is 16.8 Å². The molecule has 2 aromatic rings. The van der Waals surface area contributed by atoms with Crippen molar-refractivity contribution in [1.82, 2.24) is 0 Å². The minimum Gasteiger partial charge on any atom is -0.252 e. The quantitative estimate of drug-likeness (QED) is 0.553. The van der Waals surface area contributed by atoms with Gasteiger partial charge in [0.05, 0.1) is 11.4 Å². The smallest absolute Gasteiger partial charge is 0.0672 e. The van der Waals surface area contributed by atoms with E-state index >= 15 is 0 Å². The molecule has 1 atom stereocenters. The average Bonchev–Trinajstić information content (AvgIpc) is 2.99. The molecular weight excluding hydrogens is 314 g/mol. The predicted molar refractivity (Wildman–Crippen MR) is 112 cm³/mol. The standard InChI is InChI=1S/C25H31N/c1-17(2)15-19-11-13-20(14-12-19)21-7-6-8-22(16-21)25-18(3)23-9-4-5-10-24(23)26-25/h4-10,16-20H,11-15H2,1-3H3. The van der Waals surface area contributed by atoms with Gasteiger partial charge in [0.2, 0.25) is 0 Å². The van der Waals surface area contributed by atoms with Crippen molar-refractivity contribution in [3.8, 4) is 0 Å². The number of fused-ring (bicyclic) bond motifs is 1. The van der Waals surface area contributed by atoms with Crippen LogP contribution < -0.4 is 0 Å². The van der Waals surface area contributed by atoms with E-state index < -0.39 is 0 Å². The van der Waals surface area contributed by atoms with Crippen molar-refractivity contribution in [1.29, 1.82) is 0 Å². The fourth-order valence-electron chi connectivity index (χ4n) is 4.99. The molecule has 0 saturated heterocycles. The van der Waals surface area contributed by atoms with Crippen LogP contribution in [0, 0.1) is 11.8 Å². The first kappa shape index (κ1) is 17.5. The summed E-state index contributed by atoms with van der Waals surface area (Å²) in [6.45, 7) is 7.00. The lowest BCUT2D eigenvalue weighted by atomic mass is 9.76. The van der Waals surface area contributed by atoms with E-state index in [-0.39, 0.29) is 0 Å². The molecule has 0 N–H and O–H groups in total. The molecule has 1 unspecified atom stereocenters. The summed E-state index contributed by atoms with van der Waals surface area (Å²) in [4.78, 5) is 4.95. The largest absolute Gasteiger partial charge is 0.252 e. The Morgan fingerprint density at radius 1 is 0.962 bits per heavy atom. The fourth-order valence-corrected chi connectivity index (χ4v) is 4.99. The van der Waals surface area contributed by atoms with Crippen molar-refractivity contribution in [2.75, 3.05) is 0 Å². The Bertz CT molecular complexity index is 793. The number of para-hydroxylation sites is 1. The molecule has 1 fully saturated rings. The molecule has 136 valence electrons. The third-order valence-corrected chi connectivity index (χ3v) is 6.36. The van der Waals surface area contributed by atoms with Gasteiger partial charge in [0.15, 0.2) is 0 Å². The first-order valence-corrected chi connectivity index (χ1v) is 10.4. The molecule has 0 radical (unpaired) electrons. The Morgan fingerprint density at radius 2 is 1.73 bits per heavy atom. The summed E-state index contributed by atoms with van der Waals surface area (Å²) in [5.41, 5.74) is 6.59. The number of aliphatic imine (C=N–C) groups is 1. The molecule has 2 aliphatic rings. The second-order valence-corrected chi connectivity index (χ2v) is 8.75. The minimum absolute atomic E-state index is 0.392. The zero-order valence-corrected chi connectivity index (χ0v) is 16.4. The van der Waals surface area contributed by atoms with Gasteiger partial charge in [0.25, 0.3) is 0 Å². The summed E-state index contributed by atoms with van der Waals surface area (Å²) in [7, 11) is 0. The van der Waals surface area contributed by atoms with Crippen molar-refractivity contribution >= 4 is 11.4 Å². The van der Waals surface area contributed by atoms with E-state index in [2.05, 4.69) is 69.3 Å². The Labute approximate surface area is 158 Å². The number of hydrogen-bond acceptors (Lipinski definition) is 1. The van der Waals surface area contributed by atoms with Crippen molar-refractivity contribution in [3.05, 3.63) is 65.2 Å². The third kappa shape index (κ3) is 3.49. The van der Waals surface area contributed by atoms with Crippen LogP contribution in [-0.2, 0) is 0 Å². The molecule has 0 amide bonds. The summed E-state index contributed by atoms with van der Waals surface area (Å²) >= 11 is 0. The zero-order chi connectivity index (χ0) is 18.1. The fraction of sp³-hybridized carbons (Fsp3) is 0.480. The monoisotopic (exact) mass is 345 g/mol. The lowest BCUT2D eigenvalue weighted by Crippen LogP contribution is -2.15. The second kappa shape index (κ2) is 7.39. The molecule has 1 nitrogen and oxygen atoms in total. The van der Waals surface area contributed by atoms with E-state index in [0.29, 0.717) is 5.92 Å². The molecular formula is C25H31N. The average molecular weight is 346 g/mol. The highest BCUT2D eigenvalue weighted by Gasteiger charge is 2.26. The molecule has 26 heavy (non-hydrogen) atoms. The number of hydrogen-bond donors (Lipinski definition) is 0. The van der Waals surface area contributed by atoms with Gasteiger partial charge >= 0.3 is 0 Å². The van der Waals surface area contributed by atoms with E-state index in [1.54, 1.807) is 0 Å². The summed E-state index contributed by atoms with van der Waals surface area (Å²) in [6.07, 6.45) is 6.90. The van der Waals surface area contributed by atoms with Gasteiger partial charge in [0, 0.05) is 5.92 Å². The molecule has 4 rings (SSSR count). The zero-order valence-electron chi connectivity index (χ0n) is 16.4. The lowest BCUT2D eigenvalue weighted by Gasteiger charge is -2.30. The highest BCUT2D eigenvalue weighted by atomic mass is 14.8. The summed E-state index contributed by atoms with van der Waals surface area (Å²) < 4.78 is 0. The van der Waals surface area contributed by atoms with Crippen molar-refractivity contribution < 1.29 is 0 Å². The first-order chi connectivity index (χ1) is 12.6. The molecule has 0 aromatic heterocycles. The Kier molecular flexibility index (Phi) is 4.98. The van der Waals surface area contributed by atoms with Crippen LogP contribution >= 0.6 is 0 Å². The molecule has 0 spiro atoms. The predicted octanol–water partition coefficient (Wildman–Crippen LogP) is 7.24. The van der Waals surface area contributed by atoms with Crippen LogP contribution in [0.5, 0.6) is 0 Å². The molecule has 1 aliphatic carbocycles. The lowest BCUT2D eigenvalue weighted by molar-refractivity contribution is 0.283. The normalized spacial score (nSPS) is 25.2. The van der Waals surface area contributed by atoms with Crippen LogP contribution in [0.25, 0.3) is 0 Å². The number of benzene rings is 2. The van der Waals surface area contributed by atoms with E-state index in [0.717, 1.165) is 23.4 Å². The molecule has 1 heterocycles. The van der Waals surface area contributed by atoms with Crippen LogP contribution in [0.4, 0.5) is 5.69 Å². The Balaban J connectivity index is 1.50. The van der Waals surface area contributed by atoms with Gasteiger partial charge < -0.3 is 0 Å². The maximum absolute atomic E-state index is 4.95. The molecule has 2 aromatic carbocycles. The minimum atomic E-state index is 0.392. The Morgan fingerprint density at radius 3 is 2.46 bits per heavy atom. The van der Waals surface area contributed by atoms with E-state index in [9.17, 15) is 0 Å². The third-order valence-electron chi connectivity index (χ3n) is 6.36. The van der Waals surface area contributed by atoms with Gasteiger partial charge in [-0.15, -0.1) is 0 Å². The highest BCUT2D eigenvalue weighted by molar-refractivity contribution is 6.09. The molecule has 1 saturated carbocycles. The van der Waals surface area contributed by atoms with Gasteiger partial charge in [-0.2, -0.15) is 0 Å². The van der Waals surface area contributed by atoms with Crippen LogP contribution in [-0.4, -0.2) is 5.71 Å². The van der Waals surface area contributed by atoms with Crippen LogP contribution in [0.3, 0.4) is 0 Å². The first-order valence-electron chi connectivity index (χ1n) is 10.4. The molecule has 1 aliphatic heterocycles. The summed E-state index contributed by atoms with van der Waals surface area (Å²) in [5.74, 6) is 2.91. The van der Waals surface area contributed by atoms with Gasteiger partial charge in [-0.25, -0.2) is 0 Å². The van der Waals surface area contributed by atoms with E-state index in [1.807, 2.05) is 0 Å². The summed E-state index contributed by atoms with van der Waals surface area (Å²) in [5, 5.41) is 0. The molecule has 0 bridgehead atoms. The van der Waals surface area contributed by atoms with Gasteiger partial charge in [0.1, 0.15) is 0 Å². The van der Waals surface area contributed by atoms with Crippen LogP contribution in [0.1, 0.15) is 81.4 Å². The SMILES string of the molecule is CC(C)CC1CCC(c2cccc(C3=Nc4ccccc4C3C)c2)CC1. The Hall–Kier alpha value is -1.89. The summed E-state index contributed by atoms with van der Waals surface area (Å²) in [6, 6.07) is 17.8. The number of nitrogens with zero attached hydrogens (tertiary/aromatic N) is 1. The molecule has 1 heteroatoms. The van der Waals surface area contributed by atoms with Gasteiger partial charge in [-0.3, -0.25) is 4.99 Å². The van der Waals surface area contributed by atoms with Gasteiger partial charge in [-0.1, -0.05) is 57.2 Å². The van der Waals surface area contributed by atoms with Gasteiger partial charge in [-0.05, 0) is 78.7 Å². The number of rotatable bonds is 4. The highest BCUT2D eigenvalue weighted by Crippen LogP contribution is 2.40. The van der Waals surface area contributed by atoms with Crippen molar-refractivity contribution in [2.45, 2.75) is 64.7 Å². The maximum Gasteiger partial charge on any atom is 0.0672 e. The van der Waals surface area contributed by atoms with E-state index in [1.165, 1.54) is 54.5 Å². The van der Waals surface area contributed by atoms with Crippen LogP contribution in [0.2, 0.25) is 0 Å². The second-order valence-electron chi connectivity index (χ2n) is 8.75. The topological polar surface area (TPSA) is 12.4 Å². The van der Waals surface area contributed by atoms with E-state index in [4.69, 9.17) is 4.99 Å². The maximum atomic E-state index is 4.95. The van der Waals surface area contributed by atoms with Crippen molar-refractivity contribution in [3.63, 3.8) is 0 Å².